The van der Waals surface area contributed by atoms with Crippen molar-refractivity contribution in [2.24, 2.45) is 5.73 Å². The second-order valence-corrected chi connectivity index (χ2v) is 3.66. The zero-order valence-electron chi connectivity index (χ0n) is 9.09. The van der Waals surface area contributed by atoms with Gasteiger partial charge in [0.05, 0.1) is 12.2 Å². The number of ether oxygens (including phenoxy) is 1. The van der Waals surface area contributed by atoms with Crippen molar-refractivity contribution in [1.82, 2.24) is 9.97 Å². The molecule has 1 aromatic heterocycles. The number of anilines is 1. The van der Waals surface area contributed by atoms with E-state index in [1.165, 1.54) is 12.4 Å². The Balaban J connectivity index is 2.02. The Labute approximate surface area is 93.4 Å². The summed E-state index contributed by atoms with van der Waals surface area (Å²) < 4.78 is 4.83. The number of hydrogen-bond acceptors (Lipinski definition) is 6. The first-order valence-electron chi connectivity index (χ1n) is 5.20. The zero-order valence-corrected chi connectivity index (χ0v) is 9.09. The lowest BCUT2D eigenvalue weighted by molar-refractivity contribution is 0.0525. The number of hydrogen-bond donors (Lipinski definition) is 1. The van der Waals surface area contributed by atoms with E-state index in [-0.39, 0.29) is 6.04 Å². The summed E-state index contributed by atoms with van der Waals surface area (Å²) in [6, 6.07) is 0.202. The molecular weight excluding hydrogens is 208 g/mol. The van der Waals surface area contributed by atoms with E-state index in [1.807, 2.05) is 4.90 Å². The van der Waals surface area contributed by atoms with Crippen LogP contribution in [0, 0.1) is 0 Å². The van der Waals surface area contributed by atoms with Gasteiger partial charge in [-0.15, -0.1) is 0 Å². The van der Waals surface area contributed by atoms with Gasteiger partial charge in [0.1, 0.15) is 0 Å². The van der Waals surface area contributed by atoms with Gasteiger partial charge in [-0.25, -0.2) is 14.8 Å². The zero-order chi connectivity index (χ0) is 11.5. The smallest absolute Gasteiger partial charge is 0.341 e. The van der Waals surface area contributed by atoms with Crippen LogP contribution in [0.4, 0.5) is 5.95 Å². The molecule has 0 saturated carbocycles. The van der Waals surface area contributed by atoms with E-state index in [1.54, 1.807) is 6.92 Å². The van der Waals surface area contributed by atoms with E-state index >= 15 is 0 Å². The maximum Gasteiger partial charge on any atom is 0.341 e. The summed E-state index contributed by atoms with van der Waals surface area (Å²) in [6.07, 6.45) is 2.95. The maximum atomic E-state index is 11.3. The quantitative estimate of drug-likeness (QED) is 0.713. The maximum absolute atomic E-state index is 11.3. The Kier molecular flexibility index (Phi) is 3.00. The van der Waals surface area contributed by atoms with E-state index in [2.05, 4.69) is 9.97 Å². The lowest BCUT2D eigenvalue weighted by atomic mass is 10.1. The first-order valence-corrected chi connectivity index (χ1v) is 5.20. The molecule has 0 atom stereocenters. The second-order valence-electron chi connectivity index (χ2n) is 3.66. The Bertz CT molecular complexity index is 373. The van der Waals surface area contributed by atoms with Crippen molar-refractivity contribution in [3.05, 3.63) is 18.0 Å². The molecule has 2 rings (SSSR count). The van der Waals surface area contributed by atoms with Crippen LogP contribution in [0.15, 0.2) is 12.4 Å². The fourth-order valence-corrected chi connectivity index (χ4v) is 1.48. The van der Waals surface area contributed by atoms with Gasteiger partial charge < -0.3 is 15.4 Å². The Hall–Kier alpha value is -1.69. The highest BCUT2D eigenvalue weighted by Gasteiger charge is 2.25. The van der Waals surface area contributed by atoms with Crippen molar-refractivity contribution in [2.75, 3.05) is 24.6 Å². The first-order chi connectivity index (χ1) is 7.70. The molecular formula is C10H14N4O2. The molecule has 0 amide bonds. The van der Waals surface area contributed by atoms with E-state index < -0.39 is 5.97 Å². The molecule has 1 aliphatic rings. The minimum absolute atomic E-state index is 0.202. The van der Waals surface area contributed by atoms with Gasteiger partial charge in [0.2, 0.25) is 5.95 Å². The molecule has 1 aliphatic heterocycles. The van der Waals surface area contributed by atoms with E-state index in [0.717, 1.165) is 13.1 Å². The lowest BCUT2D eigenvalue weighted by Gasteiger charge is -2.36. The molecule has 0 aromatic carbocycles. The summed E-state index contributed by atoms with van der Waals surface area (Å²) in [5.74, 6) is 0.212. The molecule has 0 aliphatic carbocycles. The highest BCUT2D eigenvalue weighted by molar-refractivity contribution is 5.88. The monoisotopic (exact) mass is 222 g/mol. The Morgan fingerprint density at radius 1 is 1.56 bits per heavy atom. The molecule has 16 heavy (non-hydrogen) atoms. The third kappa shape index (κ3) is 2.11. The molecule has 0 bridgehead atoms. The SMILES string of the molecule is CCOC(=O)c1cnc(N2CC(N)C2)nc1. The number of carbonyl (C=O) groups excluding carboxylic acids is 1. The summed E-state index contributed by atoms with van der Waals surface area (Å²) >= 11 is 0. The molecule has 0 radical (unpaired) electrons. The summed E-state index contributed by atoms with van der Waals surface area (Å²) in [7, 11) is 0. The van der Waals surface area contributed by atoms with Crippen LogP contribution in [-0.4, -0.2) is 41.7 Å². The Morgan fingerprint density at radius 2 is 2.19 bits per heavy atom. The molecule has 2 N–H and O–H groups in total. The van der Waals surface area contributed by atoms with Gasteiger partial charge in [0.15, 0.2) is 0 Å². The van der Waals surface area contributed by atoms with Crippen molar-refractivity contribution in [1.29, 1.82) is 0 Å². The third-order valence-corrected chi connectivity index (χ3v) is 2.34. The second kappa shape index (κ2) is 4.44. The van der Waals surface area contributed by atoms with Gasteiger partial charge in [-0.05, 0) is 6.92 Å². The molecule has 6 heteroatoms. The fourth-order valence-electron chi connectivity index (χ4n) is 1.48. The highest BCUT2D eigenvalue weighted by atomic mass is 16.5. The normalized spacial score (nSPS) is 15.8. The number of nitrogens with two attached hydrogens (primary N) is 1. The van der Waals surface area contributed by atoms with Crippen LogP contribution in [-0.2, 0) is 4.74 Å². The van der Waals surface area contributed by atoms with Gasteiger partial charge in [-0.1, -0.05) is 0 Å². The minimum atomic E-state index is -0.394. The predicted octanol–water partition coefficient (Wildman–Crippen LogP) is -0.199. The van der Waals surface area contributed by atoms with Crippen LogP contribution < -0.4 is 10.6 Å². The van der Waals surface area contributed by atoms with Gasteiger partial charge in [0.25, 0.3) is 0 Å². The van der Waals surface area contributed by atoms with Crippen molar-refractivity contribution in [3.8, 4) is 0 Å². The average molecular weight is 222 g/mol. The molecule has 1 fully saturated rings. The number of rotatable bonds is 3. The van der Waals surface area contributed by atoms with E-state index in [0.29, 0.717) is 18.1 Å². The molecule has 2 heterocycles. The molecule has 86 valence electrons. The van der Waals surface area contributed by atoms with Crippen LogP contribution in [0.2, 0.25) is 0 Å². The number of esters is 1. The number of carbonyl (C=O) groups is 1. The summed E-state index contributed by atoms with van der Waals surface area (Å²) in [5.41, 5.74) is 6.02. The van der Waals surface area contributed by atoms with Crippen LogP contribution in [0.25, 0.3) is 0 Å². The predicted molar refractivity (Wildman–Crippen MR) is 58.2 cm³/mol. The minimum Gasteiger partial charge on any atom is -0.462 e. The lowest BCUT2D eigenvalue weighted by Crippen LogP contribution is -2.56. The van der Waals surface area contributed by atoms with Gasteiger partial charge in [-0.3, -0.25) is 0 Å². The third-order valence-electron chi connectivity index (χ3n) is 2.34. The largest absolute Gasteiger partial charge is 0.462 e. The van der Waals surface area contributed by atoms with E-state index in [4.69, 9.17) is 10.5 Å². The topological polar surface area (TPSA) is 81.3 Å². The van der Waals surface area contributed by atoms with Gasteiger partial charge >= 0.3 is 5.97 Å². The fraction of sp³-hybridized carbons (Fsp3) is 0.500. The molecule has 0 unspecified atom stereocenters. The van der Waals surface area contributed by atoms with Crippen LogP contribution in [0.1, 0.15) is 17.3 Å². The molecule has 1 aromatic rings. The van der Waals surface area contributed by atoms with Crippen LogP contribution in [0.3, 0.4) is 0 Å². The number of aromatic nitrogens is 2. The van der Waals surface area contributed by atoms with Gasteiger partial charge in [-0.2, -0.15) is 0 Å². The first kappa shape index (κ1) is 10.8. The van der Waals surface area contributed by atoms with Crippen LogP contribution in [0.5, 0.6) is 0 Å². The van der Waals surface area contributed by atoms with Crippen molar-refractivity contribution in [2.45, 2.75) is 13.0 Å². The molecule has 6 nitrogen and oxygen atoms in total. The van der Waals surface area contributed by atoms with Crippen molar-refractivity contribution in [3.63, 3.8) is 0 Å². The van der Waals surface area contributed by atoms with E-state index in [9.17, 15) is 4.79 Å². The summed E-state index contributed by atoms with van der Waals surface area (Å²) in [6.45, 7) is 3.63. The van der Waals surface area contributed by atoms with Crippen LogP contribution >= 0.6 is 0 Å². The van der Waals surface area contributed by atoms with Crippen molar-refractivity contribution >= 4 is 11.9 Å². The number of nitrogens with zero attached hydrogens (tertiary/aromatic N) is 3. The molecule has 0 spiro atoms. The molecule has 1 saturated heterocycles. The Morgan fingerprint density at radius 3 is 2.69 bits per heavy atom. The highest BCUT2D eigenvalue weighted by Crippen LogP contribution is 2.14. The van der Waals surface area contributed by atoms with Gasteiger partial charge in [0, 0.05) is 31.5 Å². The average Bonchev–Trinajstić information content (AvgIpc) is 2.25. The van der Waals surface area contributed by atoms with Crippen molar-refractivity contribution < 1.29 is 9.53 Å². The summed E-state index contributed by atoms with van der Waals surface area (Å²) in [4.78, 5) is 21.5. The summed E-state index contributed by atoms with van der Waals surface area (Å²) in [5, 5.41) is 0. The standard InChI is InChI=1S/C10H14N4O2/c1-2-16-9(15)7-3-12-10(13-4-7)14-5-8(11)6-14/h3-4,8H,2,5-6,11H2,1H3.